The number of nitrogens with zero attached hydrogens (tertiary/aromatic N) is 1. The third-order valence-corrected chi connectivity index (χ3v) is 6.91. The number of carboxylic acid groups (broad SMARTS) is 1. The number of hydrogen-bond donors (Lipinski definition) is 2. The molecular formula is C28H39NO3. The SMILES string of the molecule is CC(C)Cc1ccc(-c2c(C(C)C(=O)O)cccc2C2(O)CCCCC2CN(C)C)cc1. The number of rotatable bonds is 8. The summed E-state index contributed by atoms with van der Waals surface area (Å²) in [5.41, 5.74) is 3.84. The molecule has 1 saturated carbocycles. The van der Waals surface area contributed by atoms with E-state index in [0.717, 1.165) is 54.5 Å². The van der Waals surface area contributed by atoms with Crippen LogP contribution in [0, 0.1) is 11.8 Å². The molecule has 0 saturated heterocycles. The average molecular weight is 438 g/mol. The van der Waals surface area contributed by atoms with Crippen LogP contribution in [-0.2, 0) is 16.8 Å². The molecule has 0 heterocycles. The summed E-state index contributed by atoms with van der Waals surface area (Å²) in [5, 5.41) is 22.0. The van der Waals surface area contributed by atoms with Gasteiger partial charge in [-0.25, -0.2) is 0 Å². The summed E-state index contributed by atoms with van der Waals surface area (Å²) >= 11 is 0. The van der Waals surface area contributed by atoms with Crippen LogP contribution in [0.2, 0.25) is 0 Å². The predicted octanol–water partition coefficient (Wildman–Crippen LogP) is 5.68. The number of benzene rings is 2. The Balaban J connectivity index is 2.18. The summed E-state index contributed by atoms with van der Waals surface area (Å²) in [7, 11) is 4.10. The first-order valence-corrected chi connectivity index (χ1v) is 12.0. The van der Waals surface area contributed by atoms with Crippen molar-refractivity contribution in [3.63, 3.8) is 0 Å². The molecule has 2 aromatic rings. The van der Waals surface area contributed by atoms with Gasteiger partial charge in [-0.05, 0) is 74.0 Å². The second kappa shape index (κ2) is 10.2. The summed E-state index contributed by atoms with van der Waals surface area (Å²) in [5.74, 6) is -0.814. The molecule has 1 aliphatic rings. The minimum atomic E-state index is -0.970. The van der Waals surface area contributed by atoms with Gasteiger partial charge < -0.3 is 15.1 Å². The van der Waals surface area contributed by atoms with Gasteiger partial charge in [-0.15, -0.1) is 0 Å². The van der Waals surface area contributed by atoms with Crippen LogP contribution < -0.4 is 0 Å². The van der Waals surface area contributed by atoms with Crippen molar-refractivity contribution in [2.24, 2.45) is 11.8 Å². The van der Waals surface area contributed by atoms with Gasteiger partial charge in [-0.2, -0.15) is 0 Å². The Labute approximate surface area is 193 Å². The highest BCUT2D eigenvalue weighted by molar-refractivity contribution is 5.82. The lowest BCUT2D eigenvalue weighted by Crippen LogP contribution is -2.43. The van der Waals surface area contributed by atoms with Gasteiger partial charge in [-0.1, -0.05) is 69.2 Å². The lowest BCUT2D eigenvalue weighted by molar-refractivity contribution is -0.138. The van der Waals surface area contributed by atoms with Crippen LogP contribution in [0.3, 0.4) is 0 Å². The average Bonchev–Trinajstić information content (AvgIpc) is 2.74. The first-order valence-electron chi connectivity index (χ1n) is 12.0. The van der Waals surface area contributed by atoms with E-state index in [9.17, 15) is 15.0 Å². The predicted molar refractivity (Wildman–Crippen MR) is 131 cm³/mol. The van der Waals surface area contributed by atoms with Crippen molar-refractivity contribution in [3.8, 4) is 11.1 Å². The highest BCUT2D eigenvalue weighted by Gasteiger charge is 2.42. The Kier molecular flexibility index (Phi) is 7.79. The minimum absolute atomic E-state index is 0.112. The number of hydrogen-bond acceptors (Lipinski definition) is 3. The zero-order valence-electron chi connectivity index (χ0n) is 20.3. The van der Waals surface area contributed by atoms with E-state index in [4.69, 9.17) is 0 Å². The van der Waals surface area contributed by atoms with Gasteiger partial charge in [0.25, 0.3) is 0 Å². The third kappa shape index (κ3) is 5.24. The normalized spacial score (nSPS) is 22.3. The monoisotopic (exact) mass is 437 g/mol. The van der Waals surface area contributed by atoms with Crippen LogP contribution in [0.5, 0.6) is 0 Å². The molecule has 1 aliphatic carbocycles. The van der Waals surface area contributed by atoms with Gasteiger partial charge in [0.1, 0.15) is 0 Å². The molecule has 3 atom stereocenters. The first kappa shape index (κ1) is 24.5. The maximum Gasteiger partial charge on any atom is 0.310 e. The standard InChI is InChI=1S/C28H39NO3/c1-19(2)17-21-12-14-22(15-13-21)26-24(20(3)27(30)31)10-8-11-25(26)28(32)16-7-6-9-23(28)18-29(4)5/h8,10-15,19-20,23,32H,6-7,9,16-18H2,1-5H3,(H,30,31). The lowest BCUT2D eigenvalue weighted by Gasteiger charge is -2.43. The van der Waals surface area contributed by atoms with E-state index in [1.807, 2.05) is 32.3 Å². The molecule has 4 nitrogen and oxygen atoms in total. The maximum atomic E-state index is 12.1. The molecule has 0 radical (unpaired) electrons. The molecule has 0 amide bonds. The van der Waals surface area contributed by atoms with Crippen LogP contribution in [0.25, 0.3) is 11.1 Å². The molecule has 3 rings (SSSR count). The molecule has 0 bridgehead atoms. The third-order valence-electron chi connectivity index (χ3n) is 6.91. The van der Waals surface area contributed by atoms with E-state index in [0.29, 0.717) is 12.3 Å². The van der Waals surface area contributed by atoms with E-state index < -0.39 is 17.5 Å². The Morgan fingerprint density at radius 3 is 2.38 bits per heavy atom. The summed E-state index contributed by atoms with van der Waals surface area (Å²) < 4.78 is 0. The van der Waals surface area contributed by atoms with Crippen molar-refractivity contribution in [2.45, 2.75) is 64.4 Å². The van der Waals surface area contributed by atoms with Crippen LogP contribution in [0.4, 0.5) is 0 Å². The minimum Gasteiger partial charge on any atom is -0.481 e. The topological polar surface area (TPSA) is 60.8 Å². The molecule has 3 unspecified atom stereocenters. The first-order chi connectivity index (χ1) is 15.1. The van der Waals surface area contributed by atoms with Gasteiger partial charge in [0.2, 0.25) is 0 Å². The van der Waals surface area contributed by atoms with Gasteiger partial charge in [-0.3, -0.25) is 4.79 Å². The molecule has 0 aromatic heterocycles. The van der Waals surface area contributed by atoms with Crippen molar-refractivity contribution < 1.29 is 15.0 Å². The summed E-state index contributed by atoms with van der Waals surface area (Å²) in [6.45, 7) is 6.96. The summed E-state index contributed by atoms with van der Waals surface area (Å²) in [4.78, 5) is 14.1. The van der Waals surface area contributed by atoms with Crippen LogP contribution in [-0.4, -0.2) is 41.7 Å². The quantitative estimate of drug-likeness (QED) is 0.558. The maximum absolute atomic E-state index is 12.1. The Morgan fingerprint density at radius 1 is 1.09 bits per heavy atom. The Bertz CT molecular complexity index is 919. The highest BCUT2D eigenvalue weighted by atomic mass is 16.4. The van der Waals surface area contributed by atoms with E-state index >= 15 is 0 Å². The van der Waals surface area contributed by atoms with Crippen LogP contribution in [0.15, 0.2) is 42.5 Å². The Hall–Kier alpha value is -2.17. The molecule has 0 aliphatic heterocycles. The zero-order valence-corrected chi connectivity index (χ0v) is 20.3. The van der Waals surface area contributed by atoms with Gasteiger partial charge in [0, 0.05) is 12.5 Å². The molecule has 1 fully saturated rings. The number of carboxylic acids is 1. The lowest BCUT2D eigenvalue weighted by atomic mass is 9.68. The molecular weight excluding hydrogens is 398 g/mol. The number of carbonyl (C=O) groups is 1. The van der Waals surface area contributed by atoms with Crippen molar-refractivity contribution in [1.29, 1.82) is 0 Å². The summed E-state index contributed by atoms with van der Waals surface area (Å²) in [6.07, 6.45) is 4.78. The van der Waals surface area contributed by atoms with E-state index in [1.165, 1.54) is 5.56 Å². The van der Waals surface area contributed by atoms with Crippen molar-refractivity contribution in [3.05, 3.63) is 59.2 Å². The van der Waals surface area contributed by atoms with Crippen molar-refractivity contribution >= 4 is 5.97 Å². The second-order valence-electron chi connectivity index (χ2n) is 10.3. The number of aliphatic carboxylic acids is 1. The number of aliphatic hydroxyl groups is 1. The molecule has 2 aromatic carbocycles. The van der Waals surface area contributed by atoms with Gasteiger partial charge >= 0.3 is 5.97 Å². The highest BCUT2D eigenvalue weighted by Crippen LogP contribution is 2.47. The Morgan fingerprint density at radius 2 is 1.78 bits per heavy atom. The second-order valence-corrected chi connectivity index (χ2v) is 10.3. The zero-order chi connectivity index (χ0) is 23.5. The summed E-state index contributed by atoms with van der Waals surface area (Å²) in [6, 6.07) is 14.3. The molecule has 0 spiro atoms. The van der Waals surface area contributed by atoms with Crippen molar-refractivity contribution in [1.82, 2.24) is 4.90 Å². The fraction of sp³-hybridized carbons (Fsp3) is 0.536. The fourth-order valence-electron chi connectivity index (χ4n) is 5.29. The molecule has 32 heavy (non-hydrogen) atoms. The van der Waals surface area contributed by atoms with E-state index in [2.05, 4.69) is 43.0 Å². The molecule has 2 N–H and O–H groups in total. The fourth-order valence-corrected chi connectivity index (χ4v) is 5.29. The molecule has 174 valence electrons. The molecule has 4 heteroatoms. The van der Waals surface area contributed by atoms with Crippen LogP contribution >= 0.6 is 0 Å². The van der Waals surface area contributed by atoms with E-state index in [-0.39, 0.29) is 5.92 Å². The van der Waals surface area contributed by atoms with E-state index in [1.54, 1.807) is 6.92 Å². The van der Waals surface area contributed by atoms with Gasteiger partial charge in [0.05, 0.1) is 11.5 Å². The largest absolute Gasteiger partial charge is 0.481 e. The van der Waals surface area contributed by atoms with Crippen LogP contribution in [0.1, 0.15) is 69.1 Å². The van der Waals surface area contributed by atoms with Gasteiger partial charge in [0.15, 0.2) is 0 Å². The van der Waals surface area contributed by atoms with Crippen molar-refractivity contribution in [2.75, 3.05) is 20.6 Å². The smallest absolute Gasteiger partial charge is 0.310 e.